The monoisotopic (exact) mass is 254 g/mol. The summed E-state index contributed by atoms with van der Waals surface area (Å²) in [6.07, 6.45) is 0.836. The summed E-state index contributed by atoms with van der Waals surface area (Å²) < 4.78 is 0. The van der Waals surface area contributed by atoms with Gasteiger partial charge in [0.1, 0.15) is 0 Å². The molecule has 0 spiro atoms. The van der Waals surface area contributed by atoms with E-state index in [1.54, 1.807) is 23.1 Å². The Labute approximate surface area is 105 Å². The van der Waals surface area contributed by atoms with E-state index in [0.29, 0.717) is 29.4 Å². The summed E-state index contributed by atoms with van der Waals surface area (Å²) in [7, 11) is 0. The molecule has 92 valence electrons. The number of amides is 1. The van der Waals surface area contributed by atoms with Crippen LogP contribution in [0.25, 0.3) is 0 Å². The van der Waals surface area contributed by atoms with E-state index in [9.17, 15) is 4.79 Å². The van der Waals surface area contributed by atoms with Crippen LogP contribution in [0.5, 0.6) is 0 Å². The van der Waals surface area contributed by atoms with Crippen LogP contribution in [0.3, 0.4) is 0 Å². The SMILES string of the molecule is Nc1ccc(Cl)cc1C(=O)N1CCC(CO)C1. The number of nitrogens with zero attached hydrogens (tertiary/aromatic N) is 1. The van der Waals surface area contributed by atoms with E-state index in [1.807, 2.05) is 0 Å². The van der Waals surface area contributed by atoms with Gasteiger partial charge in [0.05, 0.1) is 5.56 Å². The third kappa shape index (κ3) is 2.53. The minimum atomic E-state index is -0.110. The van der Waals surface area contributed by atoms with E-state index >= 15 is 0 Å². The molecule has 1 amide bonds. The highest BCUT2D eigenvalue weighted by Gasteiger charge is 2.27. The van der Waals surface area contributed by atoms with Crippen LogP contribution in [-0.4, -0.2) is 35.6 Å². The van der Waals surface area contributed by atoms with Crippen molar-refractivity contribution in [2.24, 2.45) is 5.92 Å². The predicted molar refractivity (Wildman–Crippen MR) is 67.0 cm³/mol. The summed E-state index contributed by atoms with van der Waals surface area (Å²) in [5.74, 6) is 0.0697. The highest BCUT2D eigenvalue weighted by Crippen LogP contribution is 2.23. The molecular weight excluding hydrogens is 240 g/mol. The van der Waals surface area contributed by atoms with E-state index in [1.165, 1.54) is 0 Å². The number of hydrogen-bond donors (Lipinski definition) is 2. The number of aliphatic hydroxyl groups excluding tert-OH is 1. The van der Waals surface area contributed by atoms with Gasteiger partial charge < -0.3 is 15.7 Å². The zero-order chi connectivity index (χ0) is 12.4. The number of carbonyl (C=O) groups is 1. The van der Waals surface area contributed by atoms with Crippen molar-refractivity contribution in [3.8, 4) is 0 Å². The van der Waals surface area contributed by atoms with Crippen LogP contribution in [0, 0.1) is 5.92 Å². The molecule has 1 fully saturated rings. The van der Waals surface area contributed by atoms with E-state index < -0.39 is 0 Å². The van der Waals surface area contributed by atoms with Crippen molar-refractivity contribution in [3.05, 3.63) is 28.8 Å². The Morgan fingerprint density at radius 3 is 3.00 bits per heavy atom. The molecule has 1 heterocycles. The number of benzene rings is 1. The lowest BCUT2D eigenvalue weighted by molar-refractivity contribution is 0.0783. The molecule has 1 atom stereocenters. The van der Waals surface area contributed by atoms with Gasteiger partial charge in [-0.15, -0.1) is 0 Å². The van der Waals surface area contributed by atoms with Gasteiger partial charge in [0, 0.05) is 36.3 Å². The standard InChI is InChI=1S/C12H15ClN2O2/c13-9-1-2-11(14)10(5-9)12(17)15-4-3-8(6-15)7-16/h1-2,5,8,16H,3-4,6-7,14H2. The maximum Gasteiger partial charge on any atom is 0.256 e. The van der Waals surface area contributed by atoms with Crippen molar-refractivity contribution >= 4 is 23.2 Å². The van der Waals surface area contributed by atoms with Gasteiger partial charge in [-0.05, 0) is 24.6 Å². The topological polar surface area (TPSA) is 66.6 Å². The molecule has 5 heteroatoms. The van der Waals surface area contributed by atoms with Gasteiger partial charge in [0.25, 0.3) is 5.91 Å². The number of nitrogen functional groups attached to an aromatic ring is 1. The first-order chi connectivity index (χ1) is 8.11. The molecule has 1 unspecified atom stereocenters. The van der Waals surface area contributed by atoms with Gasteiger partial charge in [-0.2, -0.15) is 0 Å². The van der Waals surface area contributed by atoms with Crippen molar-refractivity contribution < 1.29 is 9.90 Å². The Balaban J connectivity index is 2.17. The van der Waals surface area contributed by atoms with Gasteiger partial charge in [-0.3, -0.25) is 4.79 Å². The van der Waals surface area contributed by atoms with E-state index in [4.69, 9.17) is 22.4 Å². The zero-order valence-electron chi connectivity index (χ0n) is 9.40. The Kier molecular flexibility index (Phi) is 3.54. The zero-order valence-corrected chi connectivity index (χ0v) is 10.2. The fourth-order valence-electron chi connectivity index (χ4n) is 2.05. The molecule has 17 heavy (non-hydrogen) atoms. The molecule has 4 nitrogen and oxygen atoms in total. The second-order valence-corrected chi connectivity index (χ2v) is 4.76. The van der Waals surface area contributed by atoms with Crippen LogP contribution < -0.4 is 5.73 Å². The molecule has 0 bridgehead atoms. The number of likely N-dealkylation sites (tertiary alicyclic amines) is 1. The summed E-state index contributed by atoms with van der Waals surface area (Å²) in [6.45, 7) is 1.37. The van der Waals surface area contributed by atoms with Crippen molar-refractivity contribution in [1.29, 1.82) is 0 Å². The molecule has 0 radical (unpaired) electrons. The Bertz CT molecular complexity index is 437. The lowest BCUT2D eigenvalue weighted by Gasteiger charge is -2.17. The fraction of sp³-hybridized carbons (Fsp3) is 0.417. The van der Waals surface area contributed by atoms with Crippen molar-refractivity contribution in [2.75, 3.05) is 25.4 Å². The molecule has 1 aromatic rings. The van der Waals surface area contributed by atoms with Gasteiger partial charge >= 0.3 is 0 Å². The number of hydrogen-bond acceptors (Lipinski definition) is 3. The largest absolute Gasteiger partial charge is 0.398 e. The smallest absolute Gasteiger partial charge is 0.256 e. The Morgan fingerprint density at radius 1 is 1.59 bits per heavy atom. The van der Waals surface area contributed by atoms with Crippen LogP contribution in [0.2, 0.25) is 5.02 Å². The van der Waals surface area contributed by atoms with Gasteiger partial charge in [0.2, 0.25) is 0 Å². The first kappa shape index (κ1) is 12.2. The van der Waals surface area contributed by atoms with Crippen LogP contribution in [-0.2, 0) is 0 Å². The third-order valence-electron chi connectivity index (χ3n) is 3.08. The second-order valence-electron chi connectivity index (χ2n) is 4.32. The van der Waals surface area contributed by atoms with Crippen molar-refractivity contribution in [2.45, 2.75) is 6.42 Å². The summed E-state index contributed by atoms with van der Waals surface area (Å²) in [5.41, 5.74) is 6.65. The van der Waals surface area contributed by atoms with Crippen LogP contribution >= 0.6 is 11.6 Å². The number of halogens is 1. The summed E-state index contributed by atoms with van der Waals surface area (Å²) >= 11 is 5.86. The average molecular weight is 255 g/mol. The molecule has 1 aliphatic heterocycles. The molecular formula is C12H15ClN2O2. The Morgan fingerprint density at radius 2 is 2.35 bits per heavy atom. The second kappa shape index (κ2) is 4.94. The third-order valence-corrected chi connectivity index (χ3v) is 3.31. The van der Waals surface area contributed by atoms with Crippen LogP contribution in [0.1, 0.15) is 16.8 Å². The highest BCUT2D eigenvalue weighted by molar-refractivity contribution is 6.31. The van der Waals surface area contributed by atoms with Gasteiger partial charge in [-0.25, -0.2) is 0 Å². The molecule has 1 saturated heterocycles. The molecule has 2 rings (SSSR count). The lowest BCUT2D eigenvalue weighted by atomic mass is 10.1. The maximum atomic E-state index is 12.2. The summed E-state index contributed by atoms with van der Waals surface area (Å²) in [6, 6.07) is 4.88. The first-order valence-electron chi connectivity index (χ1n) is 5.57. The molecule has 0 aliphatic carbocycles. The van der Waals surface area contributed by atoms with E-state index in [2.05, 4.69) is 0 Å². The number of carbonyl (C=O) groups excluding carboxylic acids is 1. The van der Waals surface area contributed by atoms with Crippen LogP contribution in [0.15, 0.2) is 18.2 Å². The van der Waals surface area contributed by atoms with E-state index in [0.717, 1.165) is 6.42 Å². The first-order valence-corrected chi connectivity index (χ1v) is 5.94. The number of anilines is 1. The molecule has 3 N–H and O–H groups in total. The highest BCUT2D eigenvalue weighted by atomic mass is 35.5. The molecule has 0 saturated carbocycles. The summed E-state index contributed by atoms with van der Waals surface area (Å²) in [4.78, 5) is 13.9. The number of rotatable bonds is 2. The predicted octanol–water partition coefficient (Wildman–Crippen LogP) is 1.38. The van der Waals surface area contributed by atoms with Crippen molar-refractivity contribution in [1.82, 2.24) is 4.90 Å². The lowest BCUT2D eigenvalue weighted by Crippen LogP contribution is -2.29. The summed E-state index contributed by atoms with van der Waals surface area (Å²) in [5, 5.41) is 9.55. The number of aliphatic hydroxyl groups is 1. The van der Waals surface area contributed by atoms with Crippen LogP contribution in [0.4, 0.5) is 5.69 Å². The fourth-order valence-corrected chi connectivity index (χ4v) is 2.22. The normalized spacial score (nSPS) is 19.6. The quantitative estimate of drug-likeness (QED) is 0.784. The minimum Gasteiger partial charge on any atom is -0.398 e. The molecule has 1 aliphatic rings. The van der Waals surface area contributed by atoms with Gasteiger partial charge in [-0.1, -0.05) is 11.6 Å². The van der Waals surface area contributed by atoms with E-state index in [-0.39, 0.29) is 18.4 Å². The van der Waals surface area contributed by atoms with Crippen molar-refractivity contribution in [3.63, 3.8) is 0 Å². The maximum absolute atomic E-state index is 12.2. The average Bonchev–Trinajstić information content (AvgIpc) is 2.80. The Hall–Kier alpha value is -1.26. The minimum absolute atomic E-state index is 0.110. The molecule has 0 aromatic heterocycles. The number of nitrogens with two attached hydrogens (primary N) is 1. The molecule has 1 aromatic carbocycles. The van der Waals surface area contributed by atoms with Gasteiger partial charge in [0.15, 0.2) is 0 Å².